The molecule has 214 valence electrons. The SMILES string of the molecule is CC(C)(C)OC(=O)NCCC[C@H](CNC(=O)[C@H](COCc1ccccc1)NC(=O)O)NC(=O)OC(C)(C)C. The van der Waals surface area contributed by atoms with Crippen LogP contribution in [0.25, 0.3) is 0 Å². The standard InChI is InChI=1S/C26H42N4O8/c1-25(2,3)37-23(34)27-14-10-13-19(29-24(35)38-26(4,5)6)15-28-21(31)20(30-22(32)33)17-36-16-18-11-8-7-9-12-18/h7-9,11-12,19-20,30H,10,13-17H2,1-6H3,(H,27,34)(H,28,31)(H,29,35)(H,32,33)/t19-,20+/m1/s1. The fourth-order valence-corrected chi connectivity index (χ4v) is 3.10. The van der Waals surface area contributed by atoms with Crippen LogP contribution in [0.4, 0.5) is 14.4 Å². The Morgan fingerprint density at radius 2 is 1.47 bits per heavy atom. The maximum Gasteiger partial charge on any atom is 0.407 e. The Kier molecular flexibility index (Phi) is 13.4. The van der Waals surface area contributed by atoms with E-state index in [1.165, 1.54) is 0 Å². The number of carbonyl (C=O) groups is 4. The molecule has 0 fully saturated rings. The van der Waals surface area contributed by atoms with E-state index in [0.29, 0.717) is 12.8 Å². The van der Waals surface area contributed by atoms with Gasteiger partial charge < -0.3 is 40.6 Å². The number of ether oxygens (including phenoxy) is 3. The lowest BCUT2D eigenvalue weighted by Gasteiger charge is -2.25. The number of benzene rings is 1. The van der Waals surface area contributed by atoms with Crippen molar-refractivity contribution in [2.75, 3.05) is 19.7 Å². The van der Waals surface area contributed by atoms with Gasteiger partial charge in [-0.15, -0.1) is 0 Å². The van der Waals surface area contributed by atoms with Crippen LogP contribution in [0.5, 0.6) is 0 Å². The Morgan fingerprint density at radius 3 is 2.05 bits per heavy atom. The van der Waals surface area contributed by atoms with Crippen LogP contribution in [0.3, 0.4) is 0 Å². The Labute approximate surface area is 224 Å². The number of alkyl carbamates (subject to hydrolysis) is 2. The van der Waals surface area contributed by atoms with Gasteiger partial charge in [0.25, 0.3) is 0 Å². The molecule has 0 spiro atoms. The van der Waals surface area contributed by atoms with Gasteiger partial charge >= 0.3 is 18.3 Å². The predicted molar refractivity (Wildman–Crippen MR) is 141 cm³/mol. The molecule has 0 aliphatic carbocycles. The molecule has 1 rings (SSSR count). The molecule has 12 nitrogen and oxygen atoms in total. The second kappa shape index (κ2) is 15.7. The van der Waals surface area contributed by atoms with E-state index in [2.05, 4.69) is 21.3 Å². The summed E-state index contributed by atoms with van der Waals surface area (Å²) in [5, 5.41) is 19.3. The van der Waals surface area contributed by atoms with Gasteiger partial charge in [0, 0.05) is 19.1 Å². The molecule has 12 heteroatoms. The first-order valence-corrected chi connectivity index (χ1v) is 12.5. The van der Waals surface area contributed by atoms with Gasteiger partial charge in [-0.05, 0) is 59.9 Å². The number of hydrogen-bond donors (Lipinski definition) is 5. The third-order valence-electron chi connectivity index (χ3n) is 4.65. The summed E-state index contributed by atoms with van der Waals surface area (Å²) in [6.45, 7) is 10.8. The maximum absolute atomic E-state index is 12.8. The van der Waals surface area contributed by atoms with Gasteiger partial charge in [0.05, 0.1) is 13.2 Å². The zero-order valence-electron chi connectivity index (χ0n) is 23.1. The van der Waals surface area contributed by atoms with Gasteiger partial charge in [-0.3, -0.25) is 4.79 Å². The molecule has 2 atom stereocenters. The van der Waals surface area contributed by atoms with Crippen molar-refractivity contribution < 1.29 is 38.5 Å². The first kappa shape index (κ1) is 32.5. The molecule has 4 amide bonds. The Morgan fingerprint density at radius 1 is 0.868 bits per heavy atom. The van der Waals surface area contributed by atoms with Crippen LogP contribution in [-0.2, 0) is 25.6 Å². The number of carbonyl (C=O) groups excluding carboxylic acids is 3. The zero-order valence-corrected chi connectivity index (χ0v) is 23.1. The van der Waals surface area contributed by atoms with Crippen LogP contribution in [-0.4, -0.2) is 72.3 Å². The quantitative estimate of drug-likeness (QED) is 0.239. The van der Waals surface area contributed by atoms with Crippen LogP contribution >= 0.6 is 0 Å². The summed E-state index contributed by atoms with van der Waals surface area (Å²) >= 11 is 0. The van der Waals surface area contributed by atoms with E-state index in [1.54, 1.807) is 41.5 Å². The van der Waals surface area contributed by atoms with Crippen molar-refractivity contribution in [1.82, 2.24) is 21.3 Å². The third-order valence-corrected chi connectivity index (χ3v) is 4.65. The monoisotopic (exact) mass is 538 g/mol. The average Bonchev–Trinajstić information content (AvgIpc) is 2.77. The van der Waals surface area contributed by atoms with Crippen LogP contribution in [0.2, 0.25) is 0 Å². The molecule has 5 N–H and O–H groups in total. The van der Waals surface area contributed by atoms with E-state index < -0.39 is 47.5 Å². The second-order valence-corrected chi connectivity index (χ2v) is 10.7. The van der Waals surface area contributed by atoms with E-state index in [0.717, 1.165) is 5.56 Å². The highest BCUT2D eigenvalue weighted by molar-refractivity contribution is 5.85. The van der Waals surface area contributed by atoms with E-state index in [-0.39, 0.29) is 26.3 Å². The number of nitrogens with one attached hydrogen (secondary N) is 4. The number of amides is 4. The van der Waals surface area contributed by atoms with Gasteiger partial charge in [-0.25, -0.2) is 14.4 Å². The lowest BCUT2D eigenvalue weighted by Crippen LogP contribution is -2.52. The minimum absolute atomic E-state index is 0.000990. The highest BCUT2D eigenvalue weighted by Gasteiger charge is 2.24. The van der Waals surface area contributed by atoms with Gasteiger partial charge in [0.15, 0.2) is 0 Å². The Bertz CT molecular complexity index is 897. The van der Waals surface area contributed by atoms with E-state index in [9.17, 15) is 19.2 Å². The zero-order chi connectivity index (χ0) is 28.8. The molecular formula is C26H42N4O8. The minimum Gasteiger partial charge on any atom is -0.465 e. The minimum atomic E-state index is -1.37. The van der Waals surface area contributed by atoms with Gasteiger partial charge in [0.1, 0.15) is 17.2 Å². The largest absolute Gasteiger partial charge is 0.465 e. The van der Waals surface area contributed by atoms with Crippen LogP contribution in [0.15, 0.2) is 30.3 Å². The summed E-state index contributed by atoms with van der Waals surface area (Å²) in [5.41, 5.74) is -0.466. The fourth-order valence-electron chi connectivity index (χ4n) is 3.10. The second-order valence-electron chi connectivity index (χ2n) is 10.7. The highest BCUT2D eigenvalue weighted by Crippen LogP contribution is 2.09. The van der Waals surface area contributed by atoms with Crippen LogP contribution in [0, 0.1) is 0 Å². The number of carboxylic acid groups (broad SMARTS) is 1. The lowest BCUT2D eigenvalue weighted by molar-refractivity contribution is -0.124. The van der Waals surface area contributed by atoms with Crippen molar-refractivity contribution in [2.45, 2.75) is 84.3 Å². The van der Waals surface area contributed by atoms with Gasteiger partial charge in [-0.2, -0.15) is 0 Å². The molecule has 0 heterocycles. The van der Waals surface area contributed by atoms with Crippen molar-refractivity contribution in [3.8, 4) is 0 Å². The molecule has 0 aromatic heterocycles. The summed E-state index contributed by atoms with van der Waals surface area (Å²) < 4.78 is 16.0. The number of rotatable bonds is 13. The van der Waals surface area contributed by atoms with E-state index >= 15 is 0 Å². The summed E-state index contributed by atoms with van der Waals surface area (Å²) in [7, 11) is 0. The van der Waals surface area contributed by atoms with Crippen LogP contribution < -0.4 is 21.3 Å². The third kappa shape index (κ3) is 16.3. The molecule has 0 aliphatic heterocycles. The Balaban J connectivity index is 2.69. The highest BCUT2D eigenvalue weighted by atomic mass is 16.6. The Hall–Kier alpha value is -3.54. The summed E-state index contributed by atoms with van der Waals surface area (Å²) in [6, 6.07) is 7.55. The van der Waals surface area contributed by atoms with Crippen molar-refractivity contribution in [2.24, 2.45) is 0 Å². The summed E-state index contributed by atoms with van der Waals surface area (Å²) in [6.07, 6.45) is -1.74. The van der Waals surface area contributed by atoms with Crippen molar-refractivity contribution >= 4 is 24.2 Å². The fraction of sp³-hybridized carbons (Fsp3) is 0.615. The molecule has 1 aromatic carbocycles. The predicted octanol–water partition coefficient (Wildman–Crippen LogP) is 3.15. The molecule has 1 aromatic rings. The molecular weight excluding hydrogens is 496 g/mol. The molecule has 0 aliphatic rings. The normalized spacial score (nSPS) is 13.0. The summed E-state index contributed by atoms with van der Waals surface area (Å²) in [5.74, 6) is -0.608. The average molecular weight is 539 g/mol. The van der Waals surface area contributed by atoms with Crippen LogP contribution in [0.1, 0.15) is 59.9 Å². The molecule has 0 saturated carbocycles. The van der Waals surface area contributed by atoms with Gasteiger partial charge in [-0.1, -0.05) is 30.3 Å². The first-order valence-electron chi connectivity index (χ1n) is 12.5. The van der Waals surface area contributed by atoms with E-state index in [1.807, 2.05) is 30.3 Å². The maximum atomic E-state index is 12.8. The molecule has 0 saturated heterocycles. The lowest BCUT2D eigenvalue weighted by atomic mass is 10.1. The molecule has 0 bridgehead atoms. The summed E-state index contributed by atoms with van der Waals surface area (Å²) in [4.78, 5) is 48.1. The number of hydrogen-bond acceptors (Lipinski definition) is 7. The smallest absolute Gasteiger partial charge is 0.407 e. The molecule has 0 radical (unpaired) electrons. The van der Waals surface area contributed by atoms with Crippen molar-refractivity contribution in [1.29, 1.82) is 0 Å². The van der Waals surface area contributed by atoms with Gasteiger partial charge in [0.2, 0.25) is 5.91 Å². The van der Waals surface area contributed by atoms with Crippen molar-refractivity contribution in [3.63, 3.8) is 0 Å². The molecule has 38 heavy (non-hydrogen) atoms. The topological polar surface area (TPSA) is 164 Å². The first-order chi connectivity index (χ1) is 17.6. The van der Waals surface area contributed by atoms with Crippen molar-refractivity contribution in [3.05, 3.63) is 35.9 Å². The molecule has 0 unspecified atom stereocenters. The van der Waals surface area contributed by atoms with E-state index in [4.69, 9.17) is 19.3 Å².